The number of pyridine rings is 1. The molecule has 2 aromatic rings. The molecule has 88 valence electrons. The molecule has 0 saturated carbocycles. The summed E-state index contributed by atoms with van der Waals surface area (Å²) in [6, 6.07) is 7.94. The molecule has 2 N–H and O–H groups in total. The van der Waals surface area contributed by atoms with Crippen molar-refractivity contribution in [2.45, 2.75) is 20.8 Å². The number of nitrogen functional groups attached to an aromatic ring is 1. The van der Waals surface area contributed by atoms with E-state index in [0.717, 1.165) is 11.3 Å². The first kappa shape index (κ1) is 11.5. The first-order valence-corrected chi connectivity index (χ1v) is 5.53. The van der Waals surface area contributed by atoms with Crippen molar-refractivity contribution >= 4 is 5.69 Å². The van der Waals surface area contributed by atoms with E-state index < -0.39 is 0 Å². The Morgan fingerprint density at radius 3 is 2.24 bits per heavy atom. The van der Waals surface area contributed by atoms with E-state index in [-0.39, 0.29) is 0 Å². The molecule has 0 atom stereocenters. The van der Waals surface area contributed by atoms with Gasteiger partial charge in [0.1, 0.15) is 5.75 Å². The van der Waals surface area contributed by atoms with Crippen LogP contribution in [0.5, 0.6) is 11.6 Å². The van der Waals surface area contributed by atoms with Gasteiger partial charge in [0.15, 0.2) is 0 Å². The van der Waals surface area contributed by atoms with Crippen molar-refractivity contribution in [2.75, 3.05) is 5.73 Å². The van der Waals surface area contributed by atoms with E-state index in [1.165, 1.54) is 11.1 Å². The summed E-state index contributed by atoms with van der Waals surface area (Å²) < 4.78 is 5.76. The molecule has 3 heteroatoms. The van der Waals surface area contributed by atoms with Gasteiger partial charge in [-0.1, -0.05) is 6.07 Å². The molecule has 0 unspecified atom stereocenters. The van der Waals surface area contributed by atoms with Crippen molar-refractivity contribution in [1.29, 1.82) is 0 Å². The highest BCUT2D eigenvalue weighted by Gasteiger charge is 2.04. The van der Waals surface area contributed by atoms with E-state index in [9.17, 15) is 0 Å². The van der Waals surface area contributed by atoms with Gasteiger partial charge in [0.25, 0.3) is 0 Å². The van der Waals surface area contributed by atoms with Crippen LogP contribution in [0.2, 0.25) is 0 Å². The number of nitrogens with zero attached hydrogens (tertiary/aromatic N) is 1. The van der Waals surface area contributed by atoms with Crippen molar-refractivity contribution in [2.24, 2.45) is 0 Å². The maximum absolute atomic E-state index is 5.76. The number of rotatable bonds is 2. The Kier molecular flexibility index (Phi) is 3.00. The zero-order valence-electron chi connectivity index (χ0n) is 10.3. The monoisotopic (exact) mass is 228 g/mol. The van der Waals surface area contributed by atoms with Crippen molar-refractivity contribution < 1.29 is 4.74 Å². The number of anilines is 1. The lowest BCUT2D eigenvalue weighted by molar-refractivity contribution is 0.458. The van der Waals surface area contributed by atoms with Gasteiger partial charge in [-0.3, -0.25) is 0 Å². The molecular weight excluding hydrogens is 212 g/mol. The largest absolute Gasteiger partial charge is 0.439 e. The summed E-state index contributed by atoms with van der Waals surface area (Å²) in [5, 5.41) is 0. The number of hydrogen-bond acceptors (Lipinski definition) is 3. The highest BCUT2D eigenvalue weighted by atomic mass is 16.5. The molecule has 3 nitrogen and oxygen atoms in total. The molecule has 0 fully saturated rings. The Labute approximate surface area is 101 Å². The third kappa shape index (κ3) is 2.75. The molecular formula is C14H16N2O. The topological polar surface area (TPSA) is 48.1 Å². The highest BCUT2D eigenvalue weighted by Crippen LogP contribution is 2.25. The molecule has 1 aromatic heterocycles. The molecule has 1 heterocycles. The van der Waals surface area contributed by atoms with Crippen LogP contribution < -0.4 is 10.5 Å². The molecule has 1 aromatic carbocycles. The summed E-state index contributed by atoms with van der Waals surface area (Å²) in [5.74, 6) is 1.41. The lowest BCUT2D eigenvalue weighted by atomic mass is 10.1. The SMILES string of the molecule is Cc1cc(C)cc(Oc2ncc(N)cc2C)c1. The summed E-state index contributed by atoms with van der Waals surface area (Å²) in [5.41, 5.74) is 9.58. The van der Waals surface area contributed by atoms with Gasteiger partial charge in [0, 0.05) is 5.56 Å². The molecule has 0 bridgehead atoms. The lowest BCUT2D eigenvalue weighted by Gasteiger charge is -2.09. The van der Waals surface area contributed by atoms with Crippen LogP contribution in [0.15, 0.2) is 30.5 Å². The van der Waals surface area contributed by atoms with Crippen LogP contribution in [-0.4, -0.2) is 4.98 Å². The lowest BCUT2D eigenvalue weighted by Crippen LogP contribution is -1.94. The Hall–Kier alpha value is -2.03. The third-order valence-electron chi connectivity index (χ3n) is 2.46. The normalized spacial score (nSPS) is 10.3. The molecule has 0 saturated heterocycles. The van der Waals surface area contributed by atoms with Crippen LogP contribution in [0, 0.1) is 20.8 Å². The molecule has 0 aliphatic heterocycles. The smallest absolute Gasteiger partial charge is 0.222 e. The standard InChI is InChI=1S/C14H16N2O/c1-9-4-10(2)6-13(5-9)17-14-11(3)7-12(15)8-16-14/h4-8H,15H2,1-3H3. The summed E-state index contributed by atoms with van der Waals surface area (Å²) in [6.07, 6.45) is 1.60. The average molecular weight is 228 g/mol. The maximum Gasteiger partial charge on any atom is 0.222 e. The fourth-order valence-corrected chi connectivity index (χ4v) is 1.79. The molecule has 0 aliphatic carbocycles. The molecule has 0 amide bonds. The van der Waals surface area contributed by atoms with Gasteiger partial charge in [-0.25, -0.2) is 4.98 Å². The third-order valence-corrected chi connectivity index (χ3v) is 2.46. The first-order chi connectivity index (χ1) is 8.04. The van der Waals surface area contributed by atoms with E-state index in [1.807, 2.05) is 39.0 Å². The Balaban J connectivity index is 2.31. The molecule has 0 aliphatic rings. The van der Waals surface area contributed by atoms with Crippen LogP contribution in [0.1, 0.15) is 16.7 Å². The summed E-state index contributed by atoms with van der Waals surface area (Å²) in [7, 11) is 0. The quantitative estimate of drug-likeness (QED) is 0.857. The predicted molar refractivity (Wildman–Crippen MR) is 69.4 cm³/mol. The fraction of sp³-hybridized carbons (Fsp3) is 0.214. The zero-order chi connectivity index (χ0) is 12.4. The van der Waals surface area contributed by atoms with Gasteiger partial charge >= 0.3 is 0 Å². The number of aromatic nitrogens is 1. The van der Waals surface area contributed by atoms with Crippen LogP contribution in [-0.2, 0) is 0 Å². The fourth-order valence-electron chi connectivity index (χ4n) is 1.79. The number of nitrogens with two attached hydrogens (primary N) is 1. The molecule has 2 rings (SSSR count). The Morgan fingerprint density at radius 2 is 1.65 bits per heavy atom. The second kappa shape index (κ2) is 4.45. The number of aryl methyl sites for hydroxylation is 3. The van der Waals surface area contributed by atoms with Gasteiger partial charge in [0.2, 0.25) is 5.88 Å². The van der Waals surface area contributed by atoms with Crippen LogP contribution in [0.25, 0.3) is 0 Å². The summed E-state index contributed by atoms with van der Waals surface area (Å²) in [4.78, 5) is 4.19. The van der Waals surface area contributed by atoms with Crippen LogP contribution in [0.3, 0.4) is 0 Å². The predicted octanol–water partition coefficient (Wildman–Crippen LogP) is 3.38. The minimum absolute atomic E-state index is 0.601. The second-order valence-corrected chi connectivity index (χ2v) is 4.32. The van der Waals surface area contributed by atoms with Crippen molar-refractivity contribution in [3.8, 4) is 11.6 Å². The van der Waals surface area contributed by atoms with Gasteiger partial charge in [-0.2, -0.15) is 0 Å². The van der Waals surface area contributed by atoms with Gasteiger partial charge in [-0.15, -0.1) is 0 Å². The van der Waals surface area contributed by atoms with E-state index >= 15 is 0 Å². The van der Waals surface area contributed by atoms with Crippen molar-refractivity contribution in [3.05, 3.63) is 47.2 Å². The van der Waals surface area contributed by atoms with Gasteiger partial charge in [0.05, 0.1) is 11.9 Å². The maximum atomic E-state index is 5.76. The van der Waals surface area contributed by atoms with Crippen molar-refractivity contribution in [3.63, 3.8) is 0 Å². The van der Waals surface area contributed by atoms with Crippen LogP contribution >= 0.6 is 0 Å². The minimum Gasteiger partial charge on any atom is -0.439 e. The first-order valence-electron chi connectivity index (χ1n) is 5.53. The number of ether oxygens (including phenoxy) is 1. The molecule has 0 spiro atoms. The van der Waals surface area contributed by atoms with E-state index in [2.05, 4.69) is 11.1 Å². The summed E-state index contributed by atoms with van der Waals surface area (Å²) >= 11 is 0. The van der Waals surface area contributed by atoms with E-state index in [4.69, 9.17) is 10.5 Å². The highest BCUT2D eigenvalue weighted by molar-refractivity contribution is 5.43. The van der Waals surface area contributed by atoms with E-state index in [1.54, 1.807) is 6.20 Å². The number of hydrogen-bond donors (Lipinski definition) is 1. The molecule has 17 heavy (non-hydrogen) atoms. The second-order valence-electron chi connectivity index (χ2n) is 4.32. The van der Waals surface area contributed by atoms with E-state index in [0.29, 0.717) is 11.6 Å². The minimum atomic E-state index is 0.601. The molecule has 0 radical (unpaired) electrons. The average Bonchev–Trinajstić information content (AvgIpc) is 2.21. The Bertz CT molecular complexity index is 530. The van der Waals surface area contributed by atoms with Gasteiger partial charge < -0.3 is 10.5 Å². The van der Waals surface area contributed by atoms with Gasteiger partial charge in [-0.05, 0) is 50.1 Å². The summed E-state index contributed by atoms with van der Waals surface area (Å²) in [6.45, 7) is 6.02. The zero-order valence-corrected chi connectivity index (χ0v) is 10.3. The van der Waals surface area contributed by atoms with Crippen molar-refractivity contribution in [1.82, 2.24) is 4.98 Å². The van der Waals surface area contributed by atoms with Crippen LogP contribution in [0.4, 0.5) is 5.69 Å². The Morgan fingerprint density at radius 1 is 1.00 bits per heavy atom. The number of benzene rings is 1.